The predicted octanol–water partition coefficient (Wildman–Crippen LogP) is 5.01. The van der Waals surface area contributed by atoms with Gasteiger partial charge in [-0.3, -0.25) is 0 Å². The number of ether oxygens (including phenoxy) is 1. The van der Waals surface area contributed by atoms with Crippen LogP contribution in [0.25, 0.3) is 0 Å². The lowest BCUT2D eigenvalue weighted by Crippen LogP contribution is -1.95. The fourth-order valence-electron chi connectivity index (χ4n) is 1.45. The summed E-state index contributed by atoms with van der Waals surface area (Å²) < 4.78 is 7.17. The van der Waals surface area contributed by atoms with Crippen molar-refractivity contribution in [1.29, 1.82) is 0 Å². The van der Waals surface area contributed by atoms with Gasteiger partial charge in [-0.25, -0.2) is 0 Å². The molecule has 0 bridgehead atoms. The number of aromatic nitrogens is 2. The number of halogens is 3. The highest BCUT2D eigenvalue weighted by Crippen LogP contribution is 2.37. The van der Waals surface area contributed by atoms with Crippen LogP contribution in [-0.4, -0.2) is 21.9 Å². The second-order valence-electron chi connectivity index (χ2n) is 3.66. The van der Waals surface area contributed by atoms with E-state index >= 15 is 0 Å². The molecule has 1 aromatic heterocycles. The van der Waals surface area contributed by atoms with Gasteiger partial charge in [-0.1, -0.05) is 25.4 Å². The van der Waals surface area contributed by atoms with Crippen molar-refractivity contribution in [3.05, 3.63) is 43.9 Å². The maximum absolute atomic E-state index is 8.94. The monoisotopic (exact) mass is 436 g/mol. The van der Waals surface area contributed by atoms with E-state index in [0.29, 0.717) is 23.2 Å². The maximum Gasteiger partial charge on any atom is 0.239 e. The van der Waals surface area contributed by atoms with Crippen molar-refractivity contribution in [1.82, 2.24) is 10.2 Å². The molecule has 0 saturated heterocycles. The summed E-state index contributed by atoms with van der Waals surface area (Å²) in [6, 6.07) is 7.01. The number of nitrogens with zero attached hydrogens (tertiary/aromatic N) is 2. The Morgan fingerprint density at radius 1 is 1.14 bits per heavy atom. The first-order valence-corrected chi connectivity index (χ1v) is 8.32. The Morgan fingerprint density at radius 3 is 2.24 bits per heavy atom. The molecule has 0 atom stereocenters. The quantitative estimate of drug-likeness (QED) is 0.729. The Labute approximate surface area is 145 Å². The maximum atomic E-state index is 8.94. The highest BCUT2D eigenvalue weighted by molar-refractivity contribution is 9.11. The van der Waals surface area contributed by atoms with Crippen LogP contribution in [0.15, 0.2) is 33.2 Å². The van der Waals surface area contributed by atoms with Crippen LogP contribution in [0.2, 0.25) is 5.15 Å². The van der Waals surface area contributed by atoms with Crippen molar-refractivity contribution in [2.45, 2.75) is 20.3 Å². The summed E-state index contributed by atoms with van der Waals surface area (Å²) in [7, 11) is 0. The van der Waals surface area contributed by atoms with Gasteiger partial charge < -0.3 is 9.84 Å². The third-order valence-corrected chi connectivity index (χ3v) is 3.65. The highest BCUT2D eigenvalue weighted by atomic mass is 79.9. The van der Waals surface area contributed by atoms with Crippen LogP contribution in [0.3, 0.4) is 0 Å². The van der Waals surface area contributed by atoms with Crippen LogP contribution in [0.5, 0.6) is 11.6 Å². The summed E-state index contributed by atoms with van der Waals surface area (Å²) in [6.45, 7) is 4.10. The van der Waals surface area contributed by atoms with Gasteiger partial charge in [-0.15, -0.1) is 10.2 Å². The van der Waals surface area contributed by atoms with E-state index in [0.717, 1.165) is 14.5 Å². The predicted molar refractivity (Wildman–Crippen MR) is 91.1 cm³/mol. The summed E-state index contributed by atoms with van der Waals surface area (Å²) in [4.78, 5) is 0. The third kappa shape index (κ3) is 5.54. The van der Waals surface area contributed by atoms with Crippen LogP contribution in [0.4, 0.5) is 0 Å². The summed E-state index contributed by atoms with van der Waals surface area (Å²) in [5, 5.41) is 16.8. The van der Waals surface area contributed by atoms with E-state index in [1.165, 1.54) is 0 Å². The van der Waals surface area contributed by atoms with Gasteiger partial charge in [0.1, 0.15) is 0 Å². The van der Waals surface area contributed by atoms with Crippen LogP contribution in [0, 0.1) is 0 Å². The van der Waals surface area contributed by atoms with Crippen molar-refractivity contribution in [3.63, 3.8) is 0 Å². The van der Waals surface area contributed by atoms with Gasteiger partial charge in [0.25, 0.3) is 0 Å². The number of benzene rings is 1. The van der Waals surface area contributed by atoms with Gasteiger partial charge in [-0.05, 0) is 62.0 Å². The fraction of sp³-hybridized carbons (Fsp3) is 0.286. The first kappa shape index (κ1) is 18.4. The second kappa shape index (κ2) is 9.35. The average molecular weight is 439 g/mol. The number of aliphatic hydroxyl groups is 1. The molecule has 114 valence electrons. The van der Waals surface area contributed by atoms with E-state index in [9.17, 15) is 0 Å². The lowest BCUT2D eigenvalue weighted by molar-refractivity contribution is 0.299. The van der Waals surface area contributed by atoms with E-state index in [1.54, 1.807) is 12.1 Å². The summed E-state index contributed by atoms with van der Waals surface area (Å²) in [6.07, 6.45) is 0.582. The molecule has 1 heterocycles. The number of hydrogen-bond acceptors (Lipinski definition) is 4. The van der Waals surface area contributed by atoms with Crippen LogP contribution >= 0.6 is 43.5 Å². The minimum absolute atomic E-state index is 0.0990. The van der Waals surface area contributed by atoms with Crippen molar-refractivity contribution in [3.8, 4) is 11.6 Å². The molecule has 0 aliphatic carbocycles. The highest BCUT2D eigenvalue weighted by Gasteiger charge is 2.11. The SMILES string of the molecule is CC.OCCc1cc(Br)c(Oc2ccc(Cl)nn2)c(Br)c1. The lowest BCUT2D eigenvalue weighted by atomic mass is 10.1. The molecule has 0 aliphatic rings. The topological polar surface area (TPSA) is 55.2 Å². The van der Waals surface area contributed by atoms with E-state index in [2.05, 4.69) is 42.1 Å². The van der Waals surface area contributed by atoms with Crippen LogP contribution in [0.1, 0.15) is 19.4 Å². The number of hydrogen-bond donors (Lipinski definition) is 1. The summed E-state index contributed by atoms with van der Waals surface area (Å²) in [5.74, 6) is 0.944. The molecular formula is C14H15Br2ClN2O2. The standard InChI is InChI=1S/C12H9Br2ClN2O2.C2H6/c13-8-5-7(3-4-18)6-9(14)12(8)19-11-2-1-10(15)16-17-11;1-2/h1-2,5-6,18H,3-4H2;1-2H3. The lowest BCUT2D eigenvalue weighted by Gasteiger charge is -2.10. The summed E-state index contributed by atoms with van der Waals surface area (Å²) >= 11 is 12.5. The zero-order chi connectivity index (χ0) is 15.8. The molecule has 7 heteroatoms. The molecular weight excluding hydrogens is 423 g/mol. The average Bonchev–Trinajstić information content (AvgIpc) is 2.47. The minimum Gasteiger partial charge on any atom is -0.435 e. The molecule has 0 fully saturated rings. The van der Waals surface area contributed by atoms with Crippen molar-refractivity contribution in [2.24, 2.45) is 0 Å². The molecule has 0 saturated carbocycles. The Balaban J connectivity index is 0.00000106. The zero-order valence-corrected chi connectivity index (χ0v) is 15.5. The van der Waals surface area contributed by atoms with Gasteiger partial charge in [0.2, 0.25) is 5.88 Å². The first-order valence-electron chi connectivity index (χ1n) is 6.36. The normalized spacial score (nSPS) is 9.81. The molecule has 1 aromatic carbocycles. The smallest absolute Gasteiger partial charge is 0.239 e. The van der Waals surface area contributed by atoms with E-state index < -0.39 is 0 Å². The van der Waals surface area contributed by atoms with Gasteiger partial charge in [0.15, 0.2) is 10.9 Å². The molecule has 21 heavy (non-hydrogen) atoms. The number of rotatable bonds is 4. The Hall–Kier alpha value is -0.690. The van der Waals surface area contributed by atoms with Crippen LogP contribution in [-0.2, 0) is 6.42 Å². The third-order valence-electron chi connectivity index (χ3n) is 2.27. The molecule has 0 aliphatic heterocycles. The molecule has 0 radical (unpaired) electrons. The summed E-state index contributed by atoms with van der Waals surface area (Å²) in [5.41, 5.74) is 0.996. The van der Waals surface area contributed by atoms with Crippen molar-refractivity contribution in [2.75, 3.05) is 6.61 Å². The van der Waals surface area contributed by atoms with E-state index in [-0.39, 0.29) is 6.61 Å². The molecule has 2 aromatic rings. The van der Waals surface area contributed by atoms with Gasteiger partial charge in [0, 0.05) is 12.7 Å². The molecule has 1 N–H and O–H groups in total. The molecule has 4 nitrogen and oxygen atoms in total. The van der Waals surface area contributed by atoms with Crippen molar-refractivity contribution < 1.29 is 9.84 Å². The van der Waals surface area contributed by atoms with E-state index in [1.807, 2.05) is 26.0 Å². The van der Waals surface area contributed by atoms with E-state index in [4.69, 9.17) is 21.4 Å². The number of aliphatic hydroxyl groups excluding tert-OH is 1. The molecule has 0 spiro atoms. The second-order valence-corrected chi connectivity index (χ2v) is 5.75. The first-order chi connectivity index (χ1) is 10.1. The van der Waals surface area contributed by atoms with Crippen molar-refractivity contribution >= 4 is 43.5 Å². The van der Waals surface area contributed by atoms with Gasteiger partial charge >= 0.3 is 0 Å². The molecule has 2 rings (SSSR count). The Bertz CT molecular complexity index is 557. The fourth-order valence-corrected chi connectivity index (χ4v) is 2.99. The van der Waals surface area contributed by atoms with Crippen LogP contribution < -0.4 is 4.74 Å². The largest absolute Gasteiger partial charge is 0.435 e. The Kier molecular flexibility index (Phi) is 8.18. The molecule has 0 amide bonds. The van der Waals surface area contributed by atoms with Gasteiger partial charge in [-0.2, -0.15) is 0 Å². The Morgan fingerprint density at radius 2 is 1.76 bits per heavy atom. The van der Waals surface area contributed by atoms with Gasteiger partial charge in [0.05, 0.1) is 8.95 Å². The molecule has 0 unspecified atom stereocenters. The zero-order valence-electron chi connectivity index (χ0n) is 11.6. The minimum atomic E-state index is 0.0990.